The number of hydrogen-bond donors (Lipinski definition) is 1. The third-order valence-corrected chi connectivity index (χ3v) is 3.55. The molecule has 0 radical (unpaired) electrons. The van der Waals surface area contributed by atoms with Crippen LogP contribution in [0, 0.1) is 5.92 Å². The zero-order valence-electron chi connectivity index (χ0n) is 13.7. The van der Waals surface area contributed by atoms with Crippen LogP contribution in [-0.2, 0) is 28.6 Å². The number of methoxy groups -OCH3 is 1. The molecule has 0 spiro atoms. The summed E-state index contributed by atoms with van der Waals surface area (Å²) in [6, 6.07) is 0. The van der Waals surface area contributed by atoms with Gasteiger partial charge in [0.2, 0.25) is 6.29 Å². The lowest BCUT2D eigenvalue weighted by Crippen LogP contribution is -2.49. The molecular weight excluding hydrogens is 302 g/mol. The molecule has 0 aliphatic carbocycles. The van der Waals surface area contributed by atoms with E-state index in [9.17, 15) is 14.4 Å². The van der Waals surface area contributed by atoms with Crippen molar-refractivity contribution in [3.8, 4) is 0 Å². The fraction of sp³-hybridized carbons (Fsp3) is 0.688. The Morgan fingerprint density at radius 3 is 2.61 bits per heavy atom. The predicted molar refractivity (Wildman–Crippen MR) is 82.5 cm³/mol. The summed E-state index contributed by atoms with van der Waals surface area (Å²) < 4.78 is 15.9. The van der Waals surface area contributed by atoms with Gasteiger partial charge in [0, 0.05) is 12.3 Å². The zero-order valence-corrected chi connectivity index (χ0v) is 13.7. The van der Waals surface area contributed by atoms with Gasteiger partial charge < -0.3 is 19.5 Å². The van der Waals surface area contributed by atoms with Crippen LogP contribution in [0.3, 0.4) is 0 Å². The van der Waals surface area contributed by atoms with Gasteiger partial charge in [-0.25, -0.2) is 0 Å². The number of carbonyl (C=O) groups excluding carboxylic acids is 3. The maximum atomic E-state index is 10.9. The molecule has 0 aromatic carbocycles. The fourth-order valence-corrected chi connectivity index (χ4v) is 2.08. The fourth-order valence-electron chi connectivity index (χ4n) is 2.08. The van der Waals surface area contributed by atoms with Gasteiger partial charge in [-0.3, -0.25) is 14.4 Å². The van der Waals surface area contributed by atoms with Crippen LogP contribution < -0.4 is 5.32 Å². The van der Waals surface area contributed by atoms with E-state index in [0.29, 0.717) is 19.6 Å². The first-order valence-corrected chi connectivity index (χ1v) is 7.72. The second kappa shape index (κ2) is 10.1. The van der Waals surface area contributed by atoms with Crippen molar-refractivity contribution in [2.45, 2.75) is 38.4 Å². The van der Waals surface area contributed by atoms with Crippen molar-refractivity contribution < 1.29 is 28.6 Å². The van der Waals surface area contributed by atoms with Crippen molar-refractivity contribution in [1.82, 2.24) is 5.32 Å². The number of amides is 1. The van der Waals surface area contributed by atoms with Gasteiger partial charge in [0.25, 0.3) is 5.91 Å². The van der Waals surface area contributed by atoms with Gasteiger partial charge in [-0.05, 0) is 26.2 Å². The molecule has 0 unspecified atom stereocenters. The van der Waals surface area contributed by atoms with E-state index in [1.165, 1.54) is 7.11 Å². The number of hydrogen-bond acceptors (Lipinski definition) is 6. The number of nitrogens with one attached hydrogen (secondary N) is 1. The van der Waals surface area contributed by atoms with Crippen molar-refractivity contribution in [1.29, 1.82) is 0 Å². The van der Waals surface area contributed by atoms with Gasteiger partial charge in [-0.2, -0.15) is 0 Å². The highest BCUT2D eigenvalue weighted by Crippen LogP contribution is 2.22. The molecule has 1 N–H and O–H groups in total. The van der Waals surface area contributed by atoms with Gasteiger partial charge in [-0.1, -0.05) is 12.2 Å². The molecule has 1 aliphatic rings. The second-order valence-corrected chi connectivity index (χ2v) is 5.63. The highest BCUT2D eigenvalue weighted by atomic mass is 16.7. The van der Waals surface area contributed by atoms with Crippen molar-refractivity contribution in [2.24, 2.45) is 5.92 Å². The van der Waals surface area contributed by atoms with E-state index in [4.69, 9.17) is 9.47 Å². The Morgan fingerprint density at radius 2 is 2.00 bits per heavy atom. The summed E-state index contributed by atoms with van der Waals surface area (Å²) >= 11 is 0. The van der Waals surface area contributed by atoms with Gasteiger partial charge >= 0.3 is 5.97 Å². The number of rotatable bonds is 9. The highest BCUT2D eigenvalue weighted by Gasteiger charge is 2.32. The minimum absolute atomic E-state index is 0.140. The van der Waals surface area contributed by atoms with Crippen LogP contribution in [0.15, 0.2) is 12.2 Å². The summed E-state index contributed by atoms with van der Waals surface area (Å²) in [5.41, 5.74) is 0. The Kier molecular flexibility index (Phi) is 8.50. The topological polar surface area (TPSA) is 90.9 Å². The second-order valence-electron chi connectivity index (χ2n) is 5.63. The minimum Gasteiger partial charge on any atom is -0.469 e. The van der Waals surface area contributed by atoms with Gasteiger partial charge in [0.1, 0.15) is 0 Å². The summed E-state index contributed by atoms with van der Waals surface area (Å²) in [7, 11) is 1.39. The number of carbonyl (C=O) groups is 3. The van der Waals surface area contributed by atoms with Crippen LogP contribution in [0.1, 0.15) is 32.6 Å². The van der Waals surface area contributed by atoms with E-state index in [1.54, 1.807) is 6.92 Å². The molecule has 1 fully saturated rings. The average Bonchev–Trinajstić information content (AvgIpc) is 2.57. The first kappa shape index (κ1) is 19.3. The monoisotopic (exact) mass is 327 g/mol. The molecule has 0 bridgehead atoms. The third-order valence-electron chi connectivity index (χ3n) is 3.55. The number of allylic oxidation sites excluding steroid dienone is 2. The first-order valence-electron chi connectivity index (χ1n) is 7.72. The number of aldehydes is 1. The third kappa shape index (κ3) is 7.90. The van der Waals surface area contributed by atoms with Crippen LogP contribution >= 0.6 is 0 Å². The van der Waals surface area contributed by atoms with Crippen LogP contribution in [0.25, 0.3) is 0 Å². The van der Waals surface area contributed by atoms with E-state index < -0.39 is 11.7 Å². The predicted octanol–water partition coefficient (Wildman–Crippen LogP) is 0.970. The van der Waals surface area contributed by atoms with Crippen molar-refractivity contribution in [3.63, 3.8) is 0 Å². The summed E-state index contributed by atoms with van der Waals surface area (Å²) in [6.07, 6.45) is 7.19. The normalized spacial score (nSPS) is 24.3. The van der Waals surface area contributed by atoms with Crippen molar-refractivity contribution in [2.75, 3.05) is 26.9 Å². The molecule has 1 saturated heterocycles. The molecule has 0 aromatic rings. The maximum Gasteiger partial charge on any atom is 0.305 e. The molecule has 0 saturated carbocycles. The number of ether oxygens (including phenoxy) is 3. The van der Waals surface area contributed by atoms with Crippen LogP contribution in [0.5, 0.6) is 0 Å². The van der Waals surface area contributed by atoms with E-state index in [-0.39, 0.29) is 24.7 Å². The molecule has 7 heteroatoms. The first-order chi connectivity index (χ1) is 11.0. The molecule has 1 rings (SSSR count). The molecule has 7 nitrogen and oxygen atoms in total. The van der Waals surface area contributed by atoms with E-state index >= 15 is 0 Å². The lowest BCUT2D eigenvalue weighted by Gasteiger charge is -2.37. The van der Waals surface area contributed by atoms with Crippen LogP contribution in [-0.4, -0.2) is 50.8 Å². The lowest BCUT2D eigenvalue weighted by atomic mass is 10.1. The lowest BCUT2D eigenvalue weighted by molar-refractivity contribution is -0.268. The van der Waals surface area contributed by atoms with Crippen molar-refractivity contribution in [3.05, 3.63) is 12.2 Å². The van der Waals surface area contributed by atoms with E-state index in [2.05, 4.69) is 16.1 Å². The van der Waals surface area contributed by atoms with E-state index in [0.717, 1.165) is 19.3 Å². The maximum absolute atomic E-state index is 10.9. The molecule has 23 heavy (non-hydrogen) atoms. The van der Waals surface area contributed by atoms with E-state index in [1.807, 2.05) is 6.08 Å². The minimum atomic E-state index is -0.889. The Balaban J connectivity index is 2.17. The Hall–Kier alpha value is -1.73. The molecular formula is C16H25NO6. The largest absolute Gasteiger partial charge is 0.469 e. The Morgan fingerprint density at radius 1 is 1.30 bits per heavy atom. The van der Waals surface area contributed by atoms with Gasteiger partial charge in [0.05, 0.1) is 26.9 Å². The number of esters is 1. The van der Waals surface area contributed by atoms with Gasteiger partial charge in [0.15, 0.2) is 5.79 Å². The Bertz CT molecular complexity index is 426. The number of unbranched alkanes of at least 4 members (excludes halogenated alkanes) is 1. The molecule has 1 amide bonds. The van der Waals surface area contributed by atoms with Crippen LogP contribution in [0.2, 0.25) is 0 Å². The molecule has 1 heterocycles. The Labute approximate surface area is 136 Å². The van der Waals surface area contributed by atoms with Crippen LogP contribution in [0.4, 0.5) is 0 Å². The summed E-state index contributed by atoms with van der Waals surface area (Å²) in [4.78, 5) is 32.1. The molecule has 130 valence electrons. The zero-order chi connectivity index (χ0) is 17.1. The molecule has 0 atom stereocenters. The summed E-state index contributed by atoms with van der Waals surface area (Å²) in [5, 5.41) is 2.43. The SMILES string of the molecule is COC(=O)CCCC=CCC1COC(C)(CNC(=O)C=O)OC1. The molecule has 1 aliphatic heterocycles. The van der Waals surface area contributed by atoms with Crippen molar-refractivity contribution >= 4 is 18.2 Å². The average molecular weight is 327 g/mol. The highest BCUT2D eigenvalue weighted by molar-refractivity contribution is 6.23. The van der Waals surface area contributed by atoms with Gasteiger partial charge in [-0.15, -0.1) is 0 Å². The smallest absolute Gasteiger partial charge is 0.305 e. The quantitative estimate of drug-likeness (QED) is 0.223. The molecule has 0 aromatic heterocycles. The standard InChI is InChI=1S/C16H25NO6/c1-16(12-17-14(19)9-18)22-10-13(11-23-16)7-5-3-4-6-8-15(20)21-2/h3,5,9,13H,4,6-8,10-12H2,1-2H3,(H,17,19). The summed E-state index contributed by atoms with van der Waals surface area (Å²) in [5.74, 6) is -1.51. The summed E-state index contributed by atoms with van der Waals surface area (Å²) in [6.45, 7) is 2.93.